The molecule has 0 amide bonds. The fraction of sp³-hybridized carbons (Fsp3) is 0.278. The Kier molecular flexibility index (Phi) is 5.52. The number of nitrogens with zero attached hydrogens (tertiary/aromatic N) is 1. The van der Waals surface area contributed by atoms with Crippen molar-refractivity contribution >= 4 is 16.7 Å². The first-order valence-electron chi connectivity index (χ1n) is 7.19. The van der Waals surface area contributed by atoms with E-state index in [1.807, 2.05) is 13.1 Å². The molecule has 3 nitrogen and oxygen atoms in total. The van der Waals surface area contributed by atoms with Crippen LogP contribution in [0, 0.1) is 0 Å². The molecule has 0 heterocycles. The molecule has 0 spiro atoms. The molecule has 0 radical (unpaired) electrons. The van der Waals surface area contributed by atoms with Crippen LogP contribution in [-0.2, 0) is 16.1 Å². The highest BCUT2D eigenvalue weighted by atomic mass is 16.5. The lowest BCUT2D eigenvalue weighted by Gasteiger charge is -2.16. The largest absolute Gasteiger partial charge is 0.463 e. The van der Waals surface area contributed by atoms with E-state index < -0.39 is 0 Å². The molecule has 21 heavy (non-hydrogen) atoms. The number of rotatable bonds is 6. The molecular weight excluding hydrogens is 262 g/mol. The molecule has 0 N–H and O–H groups in total. The molecule has 0 aliphatic carbocycles. The van der Waals surface area contributed by atoms with Crippen LogP contribution in [0.2, 0.25) is 0 Å². The van der Waals surface area contributed by atoms with E-state index in [0.717, 1.165) is 6.54 Å². The second kappa shape index (κ2) is 7.60. The summed E-state index contributed by atoms with van der Waals surface area (Å²) in [6, 6.07) is 14.7. The maximum absolute atomic E-state index is 11.2. The van der Waals surface area contributed by atoms with Crippen LogP contribution in [0.5, 0.6) is 0 Å². The van der Waals surface area contributed by atoms with Crippen LogP contribution in [0.25, 0.3) is 10.8 Å². The van der Waals surface area contributed by atoms with E-state index in [1.54, 1.807) is 6.92 Å². The van der Waals surface area contributed by atoms with Gasteiger partial charge in [0.25, 0.3) is 0 Å². The highest BCUT2D eigenvalue weighted by molar-refractivity contribution is 5.85. The molecule has 0 unspecified atom stereocenters. The minimum Gasteiger partial charge on any atom is -0.463 e. The molecule has 2 rings (SSSR count). The quantitative estimate of drug-likeness (QED) is 0.601. The lowest BCUT2D eigenvalue weighted by Crippen LogP contribution is -2.18. The van der Waals surface area contributed by atoms with Gasteiger partial charge >= 0.3 is 5.97 Å². The van der Waals surface area contributed by atoms with Crippen molar-refractivity contribution in [2.45, 2.75) is 13.5 Å². The van der Waals surface area contributed by atoms with Gasteiger partial charge in [-0.15, -0.1) is 0 Å². The highest BCUT2D eigenvalue weighted by Crippen LogP contribution is 2.19. The smallest absolute Gasteiger partial charge is 0.330 e. The van der Waals surface area contributed by atoms with Crippen molar-refractivity contribution < 1.29 is 9.53 Å². The normalized spacial score (nSPS) is 11.4. The fourth-order valence-electron chi connectivity index (χ4n) is 2.30. The van der Waals surface area contributed by atoms with Crippen molar-refractivity contribution in [2.24, 2.45) is 0 Å². The SMILES string of the molecule is CCOC(=O)/C=C/CN(C)Cc1cccc2ccccc12. The molecule has 0 atom stereocenters. The highest BCUT2D eigenvalue weighted by Gasteiger charge is 2.03. The maximum Gasteiger partial charge on any atom is 0.330 e. The Morgan fingerprint density at radius 2 is 1.95 bits per heavy atom. The van der Waals surface area contributed by atoms with E-state index in [1.165, 1.54) is 22.4 Å². The Labute approximate surface area is 125 Å². The van der Waals surface area contributed by atoms with Crippen LogP contribution >= 0.6 is 0 Å². The molecule has 110 valence electrons. The molecule has 0 saturated heterocycles. The first-order chi connectivity index (χ1) is 10.2. The summed E-state index contributed by atoms with van der Waals surface area (Å²) in [6.07, 6.45) is 3.33. The van der Waals surface area contributed by atoms with Crippen LogP contribution in [-0.4, -0.2) is 31.1 Å². The Morgan fingerprint density at radius 3 is 2.76 bits per heavy atom. The third-order valence-electron chi connectivity index (χ3n) is 3.28. The van der Waals surface area contributed by atoms with Crippen molar-refractivity contribution in [3.8, 4) is 0 Å². The predicted octanol–water partition coefficient (Wildman–Crippen LogP) is 3.39. The van der Waals surface area contributed by atoms with Gasteiger partial charge in [0.15, 0.2) is 0 Å². The molecule has 3 heteroatoms. The third kappa shape index (κ3) is 4.43. The number of carbonyl (C=O) groups excluding carboxylic acids is 1. The number of ether oxygens (including phenoxy) is 1. The zero-order chi connectivity index (χ0) is 15.1. The minimum atomic E-state index is -0.281. The molecule has 0 saturated carbocycles. The van der Waals surface area contributed by atoms with Gasteiger partial charge in [0, 0.05) is 19.2 Å². The van der Waals surface area contributed by atoms with Gasteiger partial charge in [-0.2, -0.15) is 0 Å². The van der Waals surface area contributed by atoms with Crippen LogP contribution in [0.4, 0.5) is 0 Å². The fourth-order valence-corrected chi connectivity index (χ4v) is 2.30. The third-order valence-corrected chi connectivity index (χ3v) is 3.28. The van der Waals surface area contributed by atoms with Gasteiger partial charge in [0.1, 0.15) is 0 Å². The van der Waals surface area contributed by atoms with Crippen LogP contribution in [0.15, 0.2) is 54.6 Å². The van der Waals surface area contributed by atoms with Gasteiger partial charge < -0.3 is 4.74 Å². The summed E-state index contributed by atoms with van der Waals surface area (Å²) >= 11 is 0. The second-order valence-corrected chi connectivity index (χ2v) is 4.99. The average Bonchev–Trinajstić information content (AvgIpc) is 2.48. The molecule has 0 aliphatic rings. The standard InChI is InChI=1S/C18H21NO2/c1-3-21-18(20)12-7-13-19(2)14-16-10-6-9-15-8-4-5-11-17(15)16/h4-12H,3,13-14H2,1-2H3/b12-7+. The monoisotopic (exact) mass is 283 g/mol. The van der Waals surface area contributed by atoms with Crippen LogP contribution < -0.4 is 0 Å². The molecule has 2 aromatic carbocycles. The zero-order valence-electron chi connectivity index (χ0n) is 12.6. The van der Waals surface area contributed by atoms with Crippen molar-refractivity contribution in [3.63, 3.8) is 0 Å². The molecular formula is C18H21NO2. The zero-order valence-corrected chi connectivity index (χ0v) is 12.6. The first-order valence-corrected chi connectivity index (χ1v) is 7.19. The molecule has 0 aromatic heterocycles. The van der Waals surface area contributed by atoms with E-state index in [2.05, 4.69) is 47.4 Å². The summed E-state index contributed by atoms with van der Waals surface area (Å²) in [5.41, 5.74) is 1.29. The summed E-state index contributed by atoms with van der Waals surface area (Å²) in [7, 11) is 2.04. The Morgan fingerprint density at radius 1 is 1.19 bits per heavy atom. The minimum absolute atomic E-state index is 0.281. The summed E-state index contributed by atoms with van der Waals surface area (Å²) in [5, 5.41) is 2.53. The maximum atomic E-state index is 11.2. The lowest BCUT2D eigenvalue weighted by molar-refractivity contribution is -0.137. The summed E-state index contributed by atoms with van der Waals surface area (Å²) in [5.74, 6) is -0.281. The molecule has 0 bridgehead atoms. The topological polar surface area (TPSA) is 29.5 Å². The van der Waals surface area contributed by atoms with Crippen LogP contribution in [0.3, 0.4) is 0 Å². The van der Waals surface area contributed by atoms with E-state index in [-0.39, 0.29) is 5.97 Å². The number of fused-ring (bicyclic) bond motifs is 1. The van der Waals surface area contributed by atoms with Gasteiger partial charge in [0.05, 0.1) is 6.61 Å². The summed E-state index contributed by atoms with van der Waals surface area (Å²) in [6.45, 7) is 3.77. The summed E-state index contributed by atoms with van der Waals surface area (Å²) in [4.78, 5) is 13.4. The number of hydrogen-bond donors (Lipinski definition) is 0. The van der Waals surface area contributed by atoms with E-state index in [9.17, 15) is 4.79 Å². The second-order valence-electron chi connectivity index (χ2n) is 4.99. The van der Waals surface area contributed by atoms with Crippen molar-refractivity contribution in [2.75, 3.05) is 20.2 Å². The van der Waals surface area contributed by atoms with E-state index >= 15 is 0 Å². The van der Waals surface area contributed by atoms with E-state index in [4.69, 9.17) is 4.74 Å². The predicted molar refractivity (Wildman–Crippen MR) is 86.1 cm³/mol. The molecule has 0 fully saturated rings. The number of carbonyl (C=O) groups is 1. The summed E-state index contributed by atoms with van der Waals surface area (Å²) < 4.78 is 4.86. The average molecular weight is 283 g/mol. The van der Waals surface area contributed by atoms with Gasteiger partial charge in [-0.25, -0.2) is 4.79 Å². The number of esters is 1. The van der Waals surface area contributed by atoms with Gasteiger partial charge in [-0.05, 0) is 30.3 Å². The Balaban J connectivity index is 1.98. The van der Waals surface area contributed by atoms with Gasteiger partial charge in [-0.3, -0.25) is 4.90 Å². The Hall–Kier alpha value is -2.13. The number of hydrogen-bond acceptors (Lipinski definition) is 3. The first kappa shape index (κ1) is 15.3. The van der Waals surface area contributed by atoms with E-state index in [0.29, 0.717) is 13.2 Å². The molecule has 2 aromatic rings. The molecule has 0 aliphatic heterocycles. The number of benzene rings is 2. The number of likely N-dealkylation sites (N-methyl/N-ethyl adjacent to an activating group) is 1. The Bertz CT molecular complexity index is 629. The van der Waals surface area contributed by atoms with Crippen LogP contribution in [0.1, 0.15) is 12.5 Å². The van der Waals surface area contributed by atoms with Crippen molar-refractivity contribution in [1.82, 2.24) is 4.90 Å². The lowest BCUT2D eigenvalue weighted by atomic mass is 10.0. The van der Waals surface area contributed by atoms with Crippen molar-refractivity contribution in [1.29, 1.82) is 0 Å². The van der Waals surface area contributed by atoms with Crippen molar-refractivity contribution in [3.05, 3.63) is 60.2 Å². The van der Waals surface area contributed by atoms with Gasteiger partial charge in [-0.1, -0.05) is 48.5 Å². The van der Waals surface area contributed by atoms with Gasteiger partial charge in [0.2, 0.25) is 0 Å².